The summed E-state index contributed by atoms with van der Waals surface area (Å²) < 4.78 is 0. The maximum absolute atomic E-state index is 12.1. The van der Waals surface area contributed by atoms with Gasteiger partial charge in [-0.2, -0.15) is 0 Å². The van der Waals surface area contributed by atoms with Crippen molar-refractivity contribution in [3.05, 3.63) is 29.8 Å². The van der Waals surface area contributed by atoms with E-state index in [1.807, 2.05) is 24.3 Å². The van der Waals surface area contributed by atoms with E-state index in [0.29, 0.717) is 5.92 Å². The molecule has 3 amide bonds. The average molecular weight is 331 g/mol. The molecule has 1 saturated carbocycles. The molecule has 0 saturated heterocycles. The summed E-state index contributed by atoms with van der Waals surface area (Å²) in [5, 5.41) is 8.44. The minimum atomic E-state index is -0.480. The van der Waals surface area contributed by atoms with Crippen molar-refractivity contribution in [2.75, 3.05) is 5.32 Å². The van der Waals surface area contributed by atoms with E-state index in [2.05, 4.69) is 29.8 Å². The first-order valence-electron chi connectivity index (χ1n) is 8.93. The molecule has 2 rings (SSSR count). The highest BCUT2D eigenvalue weighted by molar-refractivity contribution is 5.98. The Kier molecular flexibility index (Phi) is 6.64. The van der Waals surface area contributed by atoms with E-state index in [0.717, 1.165) is 31.4 Å². The fraction of sp³-hybridized carbons (Fsp3) is 0.579. The van der Waals surface area contributed by atoms with E-state index in [-0.39, 0.29) is 11.9 Å². The van der Waals surface area contributed by atoms with Crippen LogP contribution in [0.3, 0.4) is 0 Å². The van der Waals surface area contributed by atoms with Crippen molar-refractivity contribution in [2.24, 2.45) is 0 Å². The summed E-state index contributed by atoms with van der Waals surface area (Å²) in [6.07, 6.45) is 5.51. The number of amides is 3. The van der Waals surface area contributed by atoms with Gasteiger partial charge in [0, 0.05) is 11.7 Å². The monoisotopic (exact) mass is 331 g/mol. The van der Waals surface area contributed by atoms with Gasteiger partial charge in [0.05, 0.1) is 0 Å². The van der Waals surface area contributed by atoms with Crippen LogP contribution >= 0.6 is 0 Å². The zero-order valence-corrected chi connectivity index (χ0v) is 14.9. The molecule has 1 aromatic rings. The van der Waals surface area contributed by atoms with Crippen LogP contribution in [0.25, 0.3) is 0 Å². The van der Waals surface area contributed by atoms with Gasteiger partial charge in [-0.25, -0.2) is 4.79 Å². The normalized spacial score (nSPS) is 16.5. The molecule has 0 bridgehead atoms. The lowest BCUT2D eigenvalue weighted by atomic mass is 9.96. The topological polar surface area (TPSA) is 70.2 Å². The number of urea groups is 1. The quantitative estimate of drug-likeness (QED) is 0.769. The molecule has 0 aliphatic heterocycles. The standard InChI is InChI=1S/C19H29N3O2/c1-13(2)15-9-11-17(12-10-15)20-14(3)18(23)22-19(24)21-16-7-5-4-6-8-16/h9-14,16,20H,4-8H2,1-3H3,(H2,21,22,23,24)/t14-/m1/s1. The first kappa shape index (κ1) is 18.3. The minimum absolute atomic E-state index is 0.193. The lowest BCUT2D eigenvalue weighted by molar-refractivity contribution is -0.120. The number of imide groups is 1. The van der Waals surface area contributed by atoms with Gasteiger partial charge in [0.15, 0.2) is 0 Å². The Morgan fingerprint density at radius 1 is 1.00 bits per heavy atom. The van der Waals surface area contributed by atoms with Gasteiger partial charge in [-0.1, -0.05) is 45.2 Å². The number of hydrogen-bond acceptors (Lipinski definition) is 3. The Balaban J connectivity index is 1.79. The van der Waals surface area contributed by atoms with E-state index < -0.39 is 12.1 Å². The molecular formula is C19H29N3O2. The number of hydrogen-bond donors (Lipinski definition) is 3. The third-order valence-electron chi connectivity index (χ3n) is 4.53. The Morgan fingerprint density at radius 2 is 1.62 bits per heavy atom. The molecule has 1 aromatic carbocycles. The van der Waals surface area contributed by atoms with E-state index in [4.69, 9.17) is 0 Å². The second-order valence-electron chi connectivity index (χ2n) is 6.94. The van der Waals surface area contributed by atoms with Gasteiger partial charge in [-0.15, -0.1) is 0 Å². The van der Waals surface area contributed by atoms with Crippen LogP contribution in [0.15, 0.2) is 24.3 Å². The largest absolute Gasteiger partial charge is 0.374 e. The highest BCUT2D eigenvalue weighted by Gasteiger charge is 2.19. The molecule has 132 valence electrons. The molecule has 0 unspecified atom stereocenters. The van der Waals surface area contributed by atoms with Gasteiger partial charge in [0.2, 0.25) is 5.91 Å². The van der Waals surface area contributed by atoms with Crippen LogP contribution in [0.5, 0.6) is 0 Å². The summed E-state index contributed by atoms with van der Waals surface area (Å²) in [7, 11) is 0. The highest BCUT2D eigenvalue weighted by atomic mass is 16.2. The Bertz CT molecular complexity index is 548. The second kappa shape index (κ2) is 8.71. The summed E-state index contributed by atoms with van der Waals surface area (Å²) in [6, 6.07) is 7.34. The predicted octanol–water partition coefficient (Wildman–Crippen LogP) is 3.77. The zero-order valence-electron chi connectivity index (χ0n) is 14.9. The van der Waals surface area contributed by atoms with Crippen molar-refractivity contribution in [1.82, 2.24) is 10.6 Å². The molecule has 0 spiro atoms. The number of carbonyl (C=O) groups is 2. The maximum atomic E-state index is 12.1. The molecule has 3 N–H and O–H groups in total. The smallest absolute Gasteiger partial charge is 0.321 e. The summed E-state index contributed by atoms with van der Waals surface area (Å²) in [5.41, 5.74) is 2.12. The minimum Gasteiger partial charge on any atom is -0.374 e. The van der Waals surface area contributed by atoms with Crippen LogP contribution in [-0.4, -0.2) is 24.0 Å². The summed E-state index contributed by atoms with van der Waals surface area (Å²) >= 11 is 0. The van der Waals surface area contributed by atoms with Crippen LogP contribution in [0.1, 0.15) is 64.4 Å². The van der Waals surface area contributed by atoms with Gasteiger partial charge in [0.1, 0.15) is 6.04 Å². The Morgan fingerprint density at radius 3 is 2.21 bits per heavy atom. The molecule has 0 radical (unpaired) electrons. The first-order chi connectivity index (χ1) is 11.5. The fourth-order valence-electron chi connectivity index (χ4n) is 2.97. The molecular weight excluding hydrogens is 302 g/mol. The molecule has 1 atom stereocenters. The summed E-state index contributed by atoms with van der Waals surface area (Å²) in [6.45, 7) is 6.03. The second-order valence-corrected chi connectivity index (χ2v) is 6.94. The van der Waals surface area contributed by atoms with Crippen molar-refractivity contribution in [1.29, 1.82) is 0 Å². The number of benzene rings is 1. The van der Waals surface area contributed by atoms with Crippen molar-refractivity contribution < 1.29 is 9.59 Å². The highest BCUT2D eigenvalue weighted by Crippen LogP contribution is 2.18. The molecule has 24 heavy (non-hydrogen) atoms. The first-order valence-corrected chi connectivity index (χ1v) is 8.93. The number of rotatable bonds is 5. The van der Waals surface area contributed by atoms with Crippen molar-refractivity contribution in [3.63, 3.8) is 0 Å². The van der Waals surface area contributed by atoms with Crippen molar-refractivity contribution >= 4 is 17.6 Å². The molecule has 1 aliphatic carbocycles. The fourth-order valence-corrected chi connectivity index (χ4v) is 2.97. The van der Waals surface area contributed by atoms with Gasteiger partial charge >= 0.3 is 6.03 Å². The third kappa shape index (κ3) is 5.55. The van der Waals surface area contributed by atoms with Crippen LogP contribution in [0.2, 0.25) is 0 Å². The Labute approximate surface area is 144 Å². The van der Waals surface area contributed by atoms with E-state index in [1.54, 1.807) is 6.92 Å². The summed E-state index contributed by atoms with van der Waals surface area (Å²) in [4.78, 5) is 24.1. The molecule has 5 nitrogen and oxygen atoms in total. The van der Waals surface area contributed by atoms with Gasteiger partial charge in [-0.05, 0) is 43.4 Å². The van der Waals surface area contributed by atoms with Crippen LogP contribution < -0.4 is 16.0 Å². The van der Waals surface area contributed by atoms with Gasteiger partial charge in [-0.3, -0.25) is 10.1 Å². The lowest BCUT2D eigenvalue weighted by Gasteiger charge is -2.23. The van der Waals surface area contributed by atoms with E-state index in [9.17, 15) is 9.59 Å². The van der Waals surface area contributed by atoms with Crippen molar-refractivity contribution in [2.45, 2.75) is 70.9 Å². The van der Waals surface area contributed by atoms with Crippen LogP contribution in [0, 0.1) is 0 Å². The molecule has 1 fully saturated rings. The molecule has 0 aromatic heterocycles. The summed E-state index contributed by atoms with van der Waals surface area (Å²) in [5.74, 6) is 0.152. The van der Waals surface area contributed by atoms with Crippen LogP contribution in [0.4, 0.5) is 10.5 Å². The third-order valence-corrected chi connectivity index (χ3v) is 4.53. The average Bonchev–Trinajstić information content (AvgIpc) is 2.56. The Hall–Kier alpha value is -2.04. The van der Waals surface area contributed by atoms with E-state index >= 15 is 0 Å². The number of carbonyl (C=O) groups excluding carboxylic acids is 2. The SMILES string of the molecule is CC(C)c1ccc(N[C@H](C)C(=O)NC(=O)NC2CCCCC2)cc1. The molecule has 5 heteroatoms. The maximum Gasteiger partial charge on any atom is 0.321 e. The zero-order chi connectivity index (χ0) is 17.5. The van der Waals surface area contributed by atoms with Crippen LogP contribution in [-0.2, 0) is 4.79 Å². The molecule has 0 heterocycles. The lowest BCUT2D eigenvalue weighted by Crippen LogP contribution is -2.49. The molecule has 1 aliphatic rings. The van der Waals surface area contributed by atoms with E-state index in [1.165, 1.54) is 12.0 Å². The van der Waals surface area contributed by atoms with Gasteiger partial charge < -0.3 is 10.6 Å². The number of anilines is 1. The van der Waals surface area contributed by atoms with Gasteiger partial charge in [0.25, 0.3) is 0 Å². The number of nitrogens with one attached hydrogen (secondary N) is 3. The van der Waals surface area contributed by atoms with Crippen molar-refractivity contribution in [3.8, 4) is 0 Å². The predicted molar refractivity (Wildman–Crippen MR) is 97.2 cm³/mol.